The van der Waals surface area contributed by atoms with Gasteiger partial charge in [0.2, 0.25) is 0 Å². The molecule has 2 heterocycles. The normalized spacial score (nSPS) is 12.2. The van der Waals surface area contributed by atoms with Gasteiger partial charge in [-0.1, -0.05) is 47.7 Å². The van der Waals surface area contributed by atoms with E-state index < -0.39 is 5.97 Å². The maximum Gasteiger partial charge on any atom is 0.325 e. The molecular weight excluding hydrogens is 392 g/mol. The zero-order valence-electron chi connectivity index (χ0n) is 15.0. The molecule has 0 N–H and O–H groups in total. The zero-order valence-corrected chi connectivity index (χ0v) is 16.6. The standard InChI is InChI=1S/C21H16N2O3S2/c1-26-19(25)13-23-17-10-8-14-5-2-3-7-16(14)20(17)28-21(23)22-18(24)11-9-15-6-4-12-27-15/h2-12H,13H2,1H3/b11-9+,22-21?. The van der Waals surface area contributed by atoms with Crippen molar-refractivity contribution in [3.05, 3.63) is 69.7 Å². The number of carbonyl (C=O) groups excluding carboxylic acids is 2. The molecule has 140 valence electrons. The van der Waals surface area contributed by atoms with Crippen molar-refractivity contribution in [1.82, 2.24) is 4.57 Å². The minimum absolute atomic E-state index is 0.00437. The number of fused-ring (bicyclic) bond motifs is 3. The van der Waals surface area contributed by atoms with E-state index in [1.165, 1.54) is 24.5 Å². The minimum atomic E-state index is -0.393. The van der Waals surface area contributed by atoms with E-state index in [2.05, 4.69) is 4.99 Å². The zero-order chi connectivity index (χ0) is 19.5. The number of amides is 1. The van der Waals surface area contributed by atoms with Crippen molar-refractivity contribution < 1.29 is 14.3 Å². The number of nitrogens with zero attached hydrogens (tertiary/aromatic N) is 2. The van der Waals surface area contributed by atoms with Crippen LogP contribution < -0.4 is 4.80 Å². The Morgan fingerprint density at radius 1 is 1.14 bits per heavy atom. The molecule has 0 aliphatic heterocycles. The van der Waals surface area contributed by atoms with Crippen molar-refractivity contribution in [2.24, 2.45) is 4.99 Å². The van der Waals surface area contributed by atoms with Crippen molar-refractivity contribution in [2.45, 2.75) is 6.54 Å². The molecule has 1 amide bonds. The van der Waals surface area contributed by atoms with Crippen molar-refractivity contribution in [3.8, 4) is 0 Å². The van der Waals surface area contributed by atoms with E-state index in [-0.39, 0.29) is 12.5 Å². The summed E-state index contributed by atoms with van der Waals surface area (Å²) in [6.07, 6.45) is 3.18. The number of benzene rings is 2. The summed E-state index contributed by atoms with van der Waals surface area (Å²) >= 11 is 2.94. The van der Waals surface area contributed by atoms with E-state index >= 15 is 0 Å². The smallest absolute Gasteiger partial charge is 0.325 e. The van der Waals surface area contributed by atoms with E-state index in [0.717, 1.165) is 25.9 Å². The molecular formula is C21H16N2O3S2. The Kier molecular flexibility index (Phi) is 5.18. The van der Waals surface area contributed by atoms with E-state index in [0.29, 0.717) is 4.80 Å². The monoisotopic (exact) mass is 408 g/mol. The van der Waals surface area contributed by atoms with Crippen molar-refractivity contribution in [3.63, 3.8) is 0 Å². The van der Waals surface area contributed by atoms with Crippen LogP contribution in [0.25, 0.3) is 27.1 Å². The van der Waals surface area contributed by atoms with Crippen LogP contribution in [0.15, 0.2) is 65.0 Å². The number of hydrogen-bond donors (Lipinski definition) is 0. The fourth-order valence-corrected chi connectivity index (χ4v) is 4.69. The van der Waals surface area contributed by atoms with Gasteiger partial charge in [-0.05, 0) is 29.0 Å². The summed E-state index contributed by atoms with van der Waals surface area (Å²) in [6.45, 7) is -0.00437. The number of aromatic nitrogens is 1. The highest BCUT2D eigenvalue weighted by Crippen LogP contribution is 2.27. The highest BCUT2D eigenvalue weighted by Gasteiger charge is 2.13. The van der Waals surface area contributed by atoms with Crippen molar-refractivity contribution >= 4 is 61.6 Å². The van der Waals surface area contributed by atoms with Gasteiger partial charge in [0.15, 0.2) is 4.80 Å². The Bertz CT molecular complexity index is 1260. The average molecular weight is 409 g/mol. The largest absolute Gasteiger partial charge is 0.468 e. The Balaban J connectivity index is 1.85. The van der Waals surface area contributed by atoms with E-state index in [4.69, 9.17) is 4.74 Å². The third kappa shape index (κ3) is 3.67. The van der Waals surface area contributed by atoms with E-state index in [9.17, 15) is 9.59 Å². The van der Waals surface area contributed by atoms with Gasteiger partial charge in [0.05, 0.1) is 17.3 Å². The van der Waals surface area contributed by atoms with Crippen molar-refractivity contribution in [2.75, 3.05) is 7.11 Å². The molecule has 0 atom stereocenters. The van der Waals surface area contributed by atoms with Crippen molar-refractivity contribution in [1.29, 1.82) is 0 Å². The number of esters is 1. The SMILES string of the molecule is COC(=O)Cn1c(=NC(=O)/C=C/c2cccs2)sc2c3ccccc3ccc21. The van der Waals surface area contributed by atoms with Crippen LogP contribution in [0, 0.1) is 0 Å². The van der Waals surface area contributed by atoms with Gasteiger partial charge < -0.3 is 9.30 Å². The van der Waals surface area contributed by atoms with Gasteiger partial charge in [-0.25, -0.2) is 0 Å². The maximum absolute atomic E-state index is 12.4. The van der Waals surface area contributed by atoms with Gasteiger partial charge >= 0.3 is 5.97 Å². The first-order chi connectivity index (χ1) is 13.7. The second kappa shape index (κ2) is 7.92. The predicted octanol–water partition coefficient (Wildman–Crippen LogP) is 4.23. The summed E-state index contributed by atoms with van der Waals surface area (Å²) in [5.74, 6) is -0.765. The van der Waals surface area contributed by atoms with Gasteiger partial charge in [-0.3, -0.25) is 9.59 Å². The summed E-state index contributed by atoms with van der Waals surface area (Å²) in [4.78, 5) is 30.0. The predicted molar refractivity (Wildman–Crippen MR) is 113 cm³/mol. The summed E-state index contributed by atoms with van der Waals surface area (Å²) in [5, 5.41) is 4.10. The van der Waals surface area contributed by atoms with Crippen LogP contribution >= 0.6 is 22.7 Å². The molecule has 0 saturated carbocycles. The van der Waals surface area contributed by atoms with Crippen LogP contribution in [0.1, 0.15) is 4.88 Å². The van der Waals surface area contributed by atoms with Crippen LogP contribution in [-0.2, 0) is 20.9 Å². The molecule has 0 unspecified atom stereocenters. The fraction of sp³-hybridized carbons (Fsp3) is 0.0952. The number of thiazole rings is 1. The minimum Gasteiger partial charge on any atom is -0.468 e. The first kappa shape index (κ1) is 18.3. The molecule has 7 heteroatoms. The van der Waals surface area contributed by atoms with Crippen LogP contribution in [0.5, 0.6) is 0 Å². The molecule has 4 rings (SSSR count). The third-order valence-electron chi connectivity index (χ3n) is 4.23. The Labute approximate surface area is 168 Å². The van der Waals surface area contributed by atoms with E-state index in [1.54, 1.807) is 22.0 Å². The maximum atomic E-state index is 12.4. The number of carbonyl (C=O) groups is 2. The van der Waals surface area contributed by atoms with Crippen LogP contribution in [-0.4, -0.2) is 23.6 Å². The third-order valence-corrected chi connectivity index (χ3v) is 6.19. The number of hydrogen-bond acceptors (Lipinski definition) is 5. The molecule has 0 saturated heterocycles. The Hall–Kier alpha value is -3.03. The topological polar surface area (TPSA) is 60.7 Å². The highest BCUT2D eigenvalue weighted by molar-refractivity contribution is 7.17. The van der Waals surface area contributed by atoms with Gasteiger partial charge in [-0.15, -0.1) is 11.3 Å². The second-order valence-electron chi connectivity index (χ2n) is 5.98. The molecule has 0 spiro atoms. The lowest BCUT2D eigenvalue weighted by Crippen LogP contribution is -2.22. The molecule has 0 fully saturated rings. The van der Waals surface area contributed by atoms with Crippen LogP contribution in [0.2, 0.25) is 0 Å². The molecule has 0 radical (unpaired) electrons. The highest BCUT2D eigenvalue weighted by atomic mass is 32.1. The molecule has 0 bridgehead atoms. The fourth-order valence-electron chi connectivity index (χ4n) is 2.90. The van der Waals surface area contributed by atoms with Gasteiger partial charge in [0, 0.05) is 16.3 Å². The first-order valence-corrected chi connectivity index (χ1v) is 10.2. The number of ether oxygens (including phenoxy) is 1. The Morgan fingerprint density at radius 3 is 2.79 bits per heavy atom. The number of rotatable bonds is 4. The molecule has 28 heavy (non-hydrogen) atoms. The lowest BCUT2D eigenvalue weighted by atomic mass is 10.1. The summed E-state index contributed by atoms with van der Waals surface area (Å²) in [5.41, 5.74) is 0.850. The first-order valence-electron chi connectivity index (χ1n) is 8.54. The lowest BCUT2D eigenvalue weighted by molar-refractivity contribution is -0.141. The number of thiophene rings is 1. The van der Waals surface area contributed by atoms with Gasteiger partial charge in [-0.2, -0.15) is 4.99 Å². The second-order valence-corrected chi connectivity index (χ2v) is 7.94. The average Bonchev–Trinajstić information content (AvgIpc) is 3.35. The summed E-state index contributed by atoms with van der Waals surface area (Å²) in [6, 6.07) is 15.8. The molecule has 4 aromatic rings. The van der Waals surface area contributed by atoms with Gasteiger partial charge in [0.25, 0.3) is 5.91 Å². The summed E-state index contributed by atoms with van der Waals surface area (Å²) in [7, 11) is 1.35. The Morgan fingerprint density at radius 2 is 2.00 bits per heavy atom. The quantitative estimate of drug-likeness (QED) is 0.375. The van der Waals surface area contributed by atoms with Crippen LogP contribution in [0.4, 0.5) is 0 Å². The molecule has 5 nitrogen and oxygen atoms in total. The molecule has 2 aromatic heterocycles. The molecule has 0 aliphatic carbocycles. The van der Waals surface area contributed by atoms with Gasteiger partial charge in [0.1, 0.15) is 6.54 Å². The summed E-state index contributed by atoms with van der Waals surface area (Å²) < 4.78 is 7.54. The molecule has 0 aliphatic rings. The number of methoxy groups -OCH3 is 1. The van der Waals surface area contributed by atoms with Crippen LogP contribution in [0.3, 0.4) is 0 Å². The lowest BCUT2D eigenvalue weighted by Gasteiger charge is -2.04. The molecule has 2 aromatic carbocycles. The van der Waals surface area contributed by atoms with E-state index in [1.807, 2.05) is 53.9 Å².